The first-order valence-corrected chi connectivity index (χ1v) is 12.0. The standard InChI is InChI=1S/C20H24N2O4.C6H10O2/c1-13-17(21-2)18(26-22-13)19-7-9-20(10-8-19,25-12-19)15-5-3-14(4-6-15)11-16(23)24;1-5(8-4-7)6-2-3-6/h3-6,21H,7-12H2,1-2H3,(H,23,24);4-6H,2-3H2,1H3. The van der Waals surface area contributed by atoms with Crippen LogP contribution in [0.3, 0.4) is 0 Å². The lowest BCUT2D eigenvalue weighted by Gasteiger charge is -2.52. The SMILES string of the molecule is CC(OC=O)C1CC1.CNc1c(C)noc1C12CCC(c3ccc(CC(=O)O)cc3)(CC1)OC2. The lowest BCUT2D eigenvalue weighted by atomic mass is 9.63. The Labute approximate surface area is 200 Å². The van der Waals surface area contributed by atoms with Gasteiger partial charge in [-0.3, -0.25) is 9.59 Å². The van der Waals surface area contributed by atoms with Gasteiger partial charge in [-0.2, -0.15) is 0 Å². The fourth-order valence-electron chi connectivity index (χ4n) is 5.25. The second-order valence-corrected chi connectivity index (χ2v) is 9.83. The lowest BCUT2D eigenvalue weighted by Crippen LogP contribution is -2.51. The molecule has 3 heterocycles. The number of benzene rings is 1. The van der Waals surface area contributed by atoms with Crippen LogP contribution in [0.15, 0.2) is 28.8 Å². The minimum absolute atomic E-state index is 0.0505. The number of carboxylic acids is 1. The maximum absolute atomic E-state index is 10.9. The Bertz CT molecular complexity index is 986. The van der Waals surface area contributed by atoms with Crippen molar-refractivity contribution in [1.29, 1.82) is 0 Å². The van der Waals surface area contributed by atoms with Crippen molar-refractivity contribution in [3.8, 4) is 0 Å². The van der Waals surface area contributed by atoms with Gasteiger partial charge in [0.25, 0.3) is 6.47 Å². The summed E-state index contributed by atoms with van der Waals surface area (Å²) in [5.41, 5.74) is 3.45. The van der Waals surface area contributed by atoms with E-state index in [1.807, 2.05) is 45.2 Å². The second kappa shape index (κ2) is 9.78. The quantitative estimate of drug-likeness (QED) is 0.548. The summed E-state index contributed by atoms with van der Waals surface area (Å²) in [6, 6.07) is 7.84. The molecule has 34 heavy (non-hydrogen) atoms. The number of anilines is 1. The molecule has 0 amide bonds. The van der Waals surface area contributed by atoms with Crippen molar-refractivity contribution >= 4 is 18.1 Å². The summed E-state index contributed by atoms with van der Waals surface area (Å²) in [7, 11) is 1.90. The molecule has 2 aliphatic carbocycles. The fourth-order valence-corrected chi connectivity index (χ4v) is 5.25. The van der Waals surface area contributed by atoms with Gasteiger partial charge in [-0.1, -0.05) is 29.4 Å². The number of carbonyl (C=O) groups excluding carboxylic acids is 1. The molecule has 4 fully saturated rings. The van der Waals surface area contributed by atoms with E-state index in [0.29, 0.717) is 19.0 Å². The predicted octanol–water partition coefficient (Wildman–Crippen LogP) is 4.35. The first kappa shape index (κ1) is 24.3. The third-order valence-corrected chi connectivity index (χ3v) is 7.63. The molecule has 8 heteroatoms. The maximum atomic E-state index is 10.9. The first-order valence-electron chi connectivity index (χ1n) is 12.0. The number of fused-ring (bicyclic) bond motifs is 3. The number of nitrogens with one attached hydrogen (secondary N) is 1. The monoisotopic (exact) mass is 470 g/mol. The summed E-state index contributed by atoms with van der Waals surface area (Å²) in [4.78, 5) is 20.6. The van der Waals surface area contributed by atoms with E-state index in [1.165, 1.54) is 12.8 Å². The van der Waals surface area contributed by atoms with Gasteiger partial charge in [-0.15, -0.1) is 0 Å². The molecule has 0 spiro atoms. The Morgan fingerprint density at radius 2 is 1.94 bits per heavy atom. The molecule has 1 unspecified atom stereocenters. The van der Waals surface area contributed by atoms with Crippen molar-refractivity contribution in [3.05, 3.63) is 46.8 Å². The Hall–Kier alpha value is -2.87. The highest BCUT2D eigenvalue weighted by atomic mass is 16.5. The van der Waals surface area contributed by atoms with Crippen LogP contribution in [-0.2, 0) is 36.5 Å². The molecule has 2 saturated heterocycles. The summed E-state index contributed by atoms with van der Waals surface area (Å²) < 4.78 is 16.8. The van der Waals surface area contributed by atoms with Crippen LogP contribution in [-0.4, -0.2) is 42.5 Å². The Morgan fingerprint density at radius 3 is 2.44 bits per heavy atom. The van der Waals surface area contributed by atoms with E-state index in [1.54, 1.807) is 0 Å². The molecule has 1 aromatic carbocycles. The van der Waals surface area contributed by atoms with Gasteiger partial charge in [-0.05, 0) is 69.4 Å². The van der Waals surface area contributed by atoms with Crippen LogP contribution in [0.5, 0.6) is 0 Å². The summed E-state index contributed by atoms with van der Waals surface area (Å²) >= 11 is 0. The normalized spacial score (nSPS) is 26.2. The van der Waals surface area contributed by atoms with Crippen molar-refractivity contribution in [1.82, 2.24) is 5.16 Å². The molecular weight excluding hydrogens is 436 g/mol. The van der Waals surface area contributed by atoms with Gasteiger partial charge in [0.05, 0.1) is 24.0 Å². The first-order chi connectivity index (χ1) is 16.3. The molecule has 6 rings (SSSR count). The summed E-state index contributed by atoms with van der Waals surface area (Å²) in [6.45, 7) is 5.03. The van der Waals surface area contributed by atoms with E-state index in [4.69, 9.17) is 14.4 Å². The summed E-state index contributed by atoms with van der Waals surface area (Å²) in [5, 5.41) is 16.3. The number of hydrogen-bond acceptors (Lipinski definition) is 7. The van der Waals surface area contributed by atoms with Crippen molar-refractivity contribution in [2.75, 3.05) is 19.0 Å². The zero-order valence-corrected chi connectivity index (χ0v) is 20.1. The van der Waals surface area contributed by atoms with E-state index in [9.17, 15) is 9.59 Å². The van der Waals surface area contributed by atoms with Crippen LogP contribution >= 0.6 is 0 Å². The minimum atomic E-state index is -0.810. The van der Waals surface area contributed by atoms with Crippen LogP contribution in [0.1, 0.15) is 68.0 Å². The van der Waals surface area contributed by atoms with Crippen molar-refractivity contribution in [3.63, 3.8) is 0 Å². The van der Waals surface area contributed by atoms with Gasteiger partial charge in [-0.25, -0.2) is 0 Å². The summed E-state index contributed by atoms with van der Waals surface area (Å²) in [6.07, 6.45) is 6.51. The molecule has 1 aromatic heterocycles. The number of ether oxygens (including phenoxy) is 2. The van der Waals surface area contributed by atoms with E-state index >= 15 is 0 Å². The highest BCUT2D eigenvalue weighted by Crippen LogP contribution is 2.55. The average Bonchev–Trinajstić information content (AvgIpc) is 3.63. The molecule has 2 N–H and O–H groups in total. The lowest BCUT2D eigenvalue weighted by molar-refractivity contribution is -0.167. The number of rotatable bonds is 8. The molecule has 4 aliphatic rings. The van der Waals surface area contributed by atoms with E-state index in [0.717, 1.165) is 54.0 Å². The maximum Gasteiger partial charge on any atom is 0.307 e. The zero-order chi connectivity index (χ0) is 24.3. The molecule has 2 aromatic rings. The fraction of sp³-hybridized carbons (Fsp3) is 0.577. The third kappa shape index (κ3) is 4.82. The largest absolute Gasteiger partial charge is 0.481 e. The van der Waals surface area contributed by atoms with Crippen molar-refractivity contribution in [2.45, 2.75) is 75.9 Å². The number of aromatic nitrogens is 1. The highest BCUT2D eigenvalue weighted by molar-refractivity contribution is 5.70. The number of carboxylic acid groups (broad SMARTS) is 1. The molecule has 8 nitrogen and oxygen atoms in total. The Morgan fingerprint density at radius 1 is 1.26 bits per heavy atom. The molecule has 184 valence electrons. The predicted molar refractivity (Wildman–Crippen MR) is 126 cm³/mol. The van der Waals surface area contributed by atoms with Crippen molar-refractivity contribution in [2.24, 2.45) is 5.92 Å². The number of carbonyl (C=O) groups is 2. The Balaban J connectivity index is 0.000000291. The van der Waals surface area contributed by atoms with E-state index < -0.39 is 5.97 Å². The van der Waals surface area contributed by atoms with Crippen LogP contribution in [0.4, 0.5) is 5.69 Å². The van der Waals surface area contributed by atoms with Crippen LogP contribution in [0, 0.1) is 12.8 Å². The van der Waals surface area contributed by atoms with Crippen LogP contribution in [0.2, 0.25) is 0 Å². The topological polar surface area (TPSA) is 111 Å². The molecule has 2 aliphatic heterocycles. The Kier molecular flexibility index (Phi) is 6.98. The van der Waals surface area contributed by atoms with Crippen LogP contribution in [0.25, 0.3) is 0 Å². The van der Waals surface area contributed by atoms with E-state index in [-0.39, 0.29) is 23.5 Å². The van der Waals surface area contributed by atoms with Gasteiger partial charge in [0.15, 0.2) is 5.76 Å². The second-order valence-electron chi connectivity index (χ2n) is 9.83. The van der Waals surface area contributed by atoms with Crippen molar-refractivity contribution < 1.29 is 28.7 Å². The molecule has 2 saturated carbocycles. The molecule has 0 radical (unpaired) electrons. The molecule has 1 atom stereocenters. The smallest absolute Gasteiger partial charge is 0.307 e. The molecule has 2 bridgehead atoms. The van der Waals surface area contributed by atoms with Gasteiger partial charge in [0, 0.05) is 7.05 Å². The minimum Gasteiger partial charge on any atom is -0.481 e. The van der Waals surface area contributed by atoms with Gasteiger partial charge in [0.2, 0.25) is 0 Å². The average molecular weight is 471 g/mol. The molecular formula is C26H34N2O6. The number of aliphatic carboxylic acids is 1. The van der Waals surface area contributed by atoms with Gasteiger partial charge >= 0.3 is 5.97 Å². The number of aryl methyl sites for hydroxylation is 1. The highest BCUT2D eigenvalue weighted by Gasteiger charge is 2.54. The summed E-state index contributed by atoms with van der Waals surface area (Å²) in [5.74, 6) is 0.776. The number of hydrogen-bond donors (Lipinski definition) is 2. The third-order valence-electron chi connectivity index (χ3n) is 7.63. The number of nitrogens with zero attached hydrogens (tertiary/aromatic N) is 1. The van der Waals surface area contributed by atoms with Crippen LogP contribution < -0.4 is 5.32 Å². The van der Waals surface area contributed by atoms with Gasteiger partial charge < -0.3 is 24.4 Å². The van der Waals surface area contributed by atoms with E-state index in [2.05, 4.69) is 15.2 Å². The zero-order valence-electron chi connectivity index (χ0n) is 20.1. The van der Waals surface area contributed by atoms with Gasteiger partial charge in [0.1, 0.15) is 17.5 Å².